The number of rotatable bonds is 5. The summed E-state index contributed by atoms with van der Waals surface area (Å²) < 4.78 is 45.9. The van der Waals surface area contributed by atoms with Gasteiger partial charge in [0.15, 0.2) is 11.6 Å². The number of sulfonamides is 1. The minimum Gasteiger partial charge on any atom is -0.494 e. The summed E-state index contributed by atoms with van der Waals surface area (Å²) in [6, 6.07) is 9.25. The number of hydrogen-bond donors (Lipinski definition) is 0. The van der Waals surface area contributed by atoms with E-state index in [9.17, 15) is 12.8 Å². The summed E-state index contributed by atoms with van der Waals surface area (Å²) in [6.45, 7) is 5.72. The van der Waals surface area contributed by atoms with Crippen molar-refractivity contribution in [2.75, 3.05) is 18.0 Å². The predicted octanol–water partition coefficient (Wildman–Crippen LogP) is 3.67. The van der Waals surface area contributed by atoms with Gasteiger partial charge in [-0.15, -0.1) is 0 Å². The van der Waals surface area contributed by atoms with E-state index in [4.69, 9.17) is 4.74 Å². The average molecular weight is 337 g/mol. The number of anilines is 1. The van der Waals surface area contributed by atoms with Gasteiger partial charge in [0.25, 0.3) is 10.0 Å². The van der Waals surface area contributed by atoms with Crippen LogP contribution in [-0.4, -0.2) is 22.1 Å². The van der Waals surface area contributed by atoms with Crippen LogP contribution in [0.15, 0.2) is 41.3 Å². The Balaban J connectivity index is 2.58. The van der Waals surface area contributed by atoms with Gasteiger partial charge in [0, 0.05) is 6.54 Å². The number of ether oxygens (including phenoxy) is 1. The molecule has 4 nitrogen and oxygen atoms in total. The van der Waals surface area contributed by atoms with Crippen LogP contribution in [0.4, 0.5) is 10.1 Å². The lowest BCUT2D eigenvalue weighted by Gasteiger charge is -2.26. The van der Waals surface area contributed by atoms with Crippen molar-refractivity contribution in [1.29, 1.82) is 0 Å². The molecule has 2 rings (SSSR count). The molecule has 0 amide bonds. The van der Waals surface area contributed by atoms with E-state index in [1.54, 1.807) is 6.92 Å². The molecular weight excluding hydrogens is 317 g/mol. The van der Waals surface area contributed by atoms with Crippen molar-refractivity contribution in [1.82, 2.24) is 0 Å². The zero-order valence-corrected chi connectivity index (χ0v) is 14.4. The van der Waals surface area contributed by atoms with Crippen molar-refractivity contribution >= 4 is 15.7 Å². The number of benzene rings is 2. The number of methoxy groups -OCH3 is 1. The first kappa shape index (κ1) is 17.3. The molecule has 2 aromatic carbocycles. The Labute approximate surface area is 136 Å². The quantitative estimate of drug-likeness (QED) is 0.836. The molecule has 6 heteroatoms. The van der Waals surface area contributed by atoms with Crippen LogP contribution in [0.25, 0.3) is 0 Å². The third-order valence-corrected chi connectivity index (χ3v) is 5.56. The minimum absolute atomic E-state index is 0.0130. The first-order valence-electron chi connectivity index (χ1n) is 7.25. The topological polar surface area (TPSA) is 46.6 Å². The number of para-hydroxylation sites is 1. The van der Waals surface area contributed by atoms with Gasteiger partial charge in [-0.25, -0.2) is 12.8 Å². The van der Waals surface area contributed by atoms with Gasteiger partial charge in [0.05, 0.1) is 17.7 Å². The van der Waals surface area contributed by atoms with Crippen LogP contribution in [-0.2, 0) is 10.0 Å². The normalized spacial score (nSPS) is 11.3. The Kier molecular flexibility index (Phi) is 4.94. The molecule has 0 N–H and O–H groups in total. The number of hydrogen-bond acceptors (Lipinski definition) is 3. The van der Waals surface area contributed by atoms with Gasteiger partial charge in [0.2, 0.25) is 0 Å². The highest BCUT2D eigenvalue weighted by Crippen LogP contribution is 2.31. The van der Waals surface area contributed by atoms with Crippen LogP contribution in [0.3, 0.4) is 0 Å². The van der Waals surface area contributed by atoms with Crippen molar-refractivity contribution in [2.24, 2.45) is 0 Å². The molecule has 2 aromatic rings. The molecular formula is C17H20FNO3S. The standard InChI is InChI=1S/C17H20FNO3S/c1-5-19(17-12(2)7-6-8-13(17)3)23(20,21)14-9-10-16(22-4)15(18)11-14/h6-11H,5H2,1-4H3. The summed E-state index contributed by atoms with van der Waals surface area (Å²) in [6.07, 6.45) is 0. The minimum atomic E-state index is -3.86. The Morgan fingerprint density at radius 2 is 1.74 bits per heavy atom. The van der Waals surface area contributed by atoms with E-state index in [0.717, 1.165) is 17.2 Å². The van der Waals surface area contributed by atoms with Crippen molar-refractivity contribution in [3.05, 3.63) is 53.3 Å². The molecule has 0 fully saturated rings. The molecule has 0 spiro atoms. The number of aryl methyl sites for hydroxylation is 2. The highest BCUT2D eigenvalue weighted by Gasteiger charge is 2.26. The van der Waals surface area contributed by atoms with Crippen molar-refractivity contribution in [3.63, 3.8) is 0 Å². The lowest BCUT2D eigenvalue weighted by Crippen LogP contribution is -2.32. The average Bonchev–Trinajstić information content (AvgIpc) is 2.50. The molecule has 0 bridgehead atoms. The van der Waals surface area contributed by atoms with Crippen LogP contribution < -0.4 is 9.04 Å². The van der Waals surface area contributed by atoms with Gasteiger partial charge < -0.3 is 4.74 Å². The van der Waals surface area contributed by atoms with E-state index in [1.807, 2.05) is 32.0 Å². The lowest BCUT2D eigenvalue weighted by atomic mass is 10.1. The monoisotopic (exact) mass is 337 g/mol. The summed E-state index contributed by atoms with van der Waals surface area (Å²) in [4.78, 5) is -0.0969. The molecule has 0 aliphatic heterocycles. The molecule has 0 atom stereocenters. The molecule has 0 radical (unpaired) electrons. The number of halogens is 1. The van der Waals surface area contributed by atoms with Gasteiger partial charge >= 0.3 is 0 Å². The third kappa shape index (κ3) is 3.17. The zero-order valence-electron chi connectivity index (χ0n) is 13.6. The Hall–Kier alpha value is -2.08. The molecule has 0 aromatic heterocycles. The SMILES string of the molecule is CCN(c1c(C)cccc1C)S(=O)(=O)c1ccc(OC)c(F)c1. The Morgan fingerprint density at radius 3 is 2.22 bits per heavy atom. The second-order valence-electron chi connectivity index (χ2n) is 5.21. The van der Waals surface area contributed by atoms with E-state index in [1.165, 1.54) is 23.5 Å². The van der Waals surface area contributed by atoms with Crippen LogP contribution in [0.1, 0.15) is 18.1 Å². The van der Waals surface area contributed by atoms with Crippen LogP contribution >= 0.6 is 0 Å². The molecule has 0 saturated heterocycles. The van der Waals surface area contributed by atoms with E-state index in [-0.39, 0.29) is 17.2 Å². The summed E-state index contributed by atoms with van der Waals surface area (Å²) in [5.41, 5.74) is 2.33. The van der Waals surface area contributed by atoms with E-state index in [2.05, 4.69) is 0 Å². The predicted molar refractivity (Wildman–Crippen MR) is 89.1 cm³/mol. The summed E-state index contributed by atoms with van der Waals surface area (Å²) in [7, 11) is -2.52. The van der Waals surface area contributed by atoms with Gasteiger partial charge in [0.1, 0.15) is 0 Å². The summed E-state index contributed by atoms with van der Waals surface area (Å²) in [5.74, 6) is -0.690. The third-order valence-electron chi connectivity index (χ3n) is 3.69. The van der Waals surface area contributed by atoms with E-state index in [0.29, 0.717) is 5.69 Å². The molecule has 124 valence electrons. The number of nitrogens with zero attached hydrogens (tertiary/aromatic N) is 1. The first-order valence-corrected chi connectivity index (χ1v) is 8.69. The Bertz CT molecular complexity index is 798. The van der Waals surface area contributed by atoms with Crippen molar-refractivity contribution in [3.8, 4) is 5.75 Å². The maximum Gasteiger partial charge on any atom is 0.264 e. The fourth-order valence-corrected chi connectivity index (χ4v) is 4.20. The zero-order chi connectivity index (χ0) is 17.2. The van der Waals surface area contributed by atoms with Gasteiger partial charge in [-0.05, 0) is 50.1 Å². The van der Waals surface area contributed by atoms with Crippen molar-refractivity contribution < 1.29 is 17.5 Å². The van der Waals surface area contributed by atoms with E-state index < -0.39 is 15.8 Å². The highest BCUT2D eigenvalue weighted by molar-refractivity contribution is 7.92. The van der Waals surface area contributed by atoms with Gasteiger partial charge in [-0.3, -0.25) is 4.31 Å². The van der Waals surface area contributed by atoms with E-state index >= 15 is 0 Å². The fourth-order valence-electron chi connectivity index (χ4n) is 2.58. The maximum absolute atomic E-state index is 13.9. The van der Waals surface area contributed by atoms with Gasteiger partial charge in [-0.1, -0.05) is 18.2 Å². The molecule has 0 aliphatic rings. The largest absolute Gasteiger partial charge is 0.494 e. The second kappa shape index (κ2) is 6.58. The second-order valence-corrected chi connectivity index (χ2v) is 7.07. The molecule has 0 saturated carbocycles. The smallest absolute Gasteiger partial charge is 0.264 e. The summed E-state index contributed by atoms with van der Waals surface area (Å²) in [5, 5.41) is 0. The molecule has 23 heavy (non-hydrogen) atoms. The summed E-state index contributed by atoms with van der Waals surface area (Å²) >= 11 is 0. The highest BCUT2D eigenvalue weighted by atomic mass is 32.2. The van der Waals surface area contributed by atoms with Crippen molar-refractivity contribution in [2.45, 2.75) is 25.7 Å². The van der Waals surface area contributed by atoms with Crippen LogP contribution in [0.2, 0.25) is 0 Å². The Morgan fingerprint density at radius 1 is 1.13 bits per heavy atom. The van der Waals surface area contributed by atoms with Gasteiger partial charge in [-0.2, -0.15) is 0 Å². The molecule has 0 heterocycles. The fraction of sp³-hybridized carbons (Fsp3) is 0.294. The maximum atomic E-state index is 13.9. The lowest BCUT2D eigenvalue weighted by molar-refractivity contribution is 0.385. The van der Waals surface area contributed by atoms with Crippen LogP contribution in [0, 0.1) is 19.7 Å². The first-order chi connectivity index (χ1) is 10.8. The molecule has 0 aliphatic carbocycles. The molecule has 0 unspecified atom stereocenters. The van der Waals surface area contributed by atoms with Crippen LogP contribution in [0.5, 0.6) is 5.75 Å².